The van der Waals surface area contributed by atoms with Crippen LogP contribution in [0, 0.1) is 6.92 Å². The molecule has 5 heteroatoms. The standard InChI is InChI=1S/C20H15ClN2S2/c1-13-7-5-6-10-15(13)11-25-20-22-18(21)17-16(12-24-19(17)23-20)14-8-3-2-4-9-14/h2-10,12H,11H2,1H3. The second kappa shape index (κ2) is 7.16. The first-order valence-corrected chi connectivity index (χ1v) is 10.1. The van der Waals surface area contributed by atoms with Crippen LogP contribution in [0.3, 0.4) is 0 Å². The summed E-state index contributed by atoms with van der Waals surface area (Å²) in [6.45, 7) is 2.12. The van der Waals surface area contributed by atoms with Gasteiger partial charge in [0.2, 0.25) is 0 Å². The van der Waals surface area contributed by atoms with Gasteiger partial charge < -0.3 is 0 Å². The number of fused-ring (bicyclic) bond motifs is 1. The van der Waals surface area contributed by atoms with E-state index in [9.17, 15) is 0 Å². The van der Waals surface area contributed by atoms with Gasteiger partial charge in [-0.2, -0.15) is 0 Å². The lowest BCUT2D eigenvalue weighted by Gasteiger charge is -2.06. The maximum Gasteiger partial charge on any atom is 0.190 e. The van der Waals surface area contributed by atoms with Crippen molar-refractivity contribution in [1.82, 2.24) is 9.97 Å². The molecule has 2 aromatic carbocycles. The Balaban J connectivity index is 1.66. The third kappa shape index (κ3) is 3.43. The minimum Gasteiger partial charge on any atom is -0.211 e. The van der Waals surface area contributed by atoms with E-state index in [1.54, 1.807) is 23.1 Å². The SMILES string of the molecule is Cc1ccccc1CSc1nc(Cl)c2c(-c3ccccc3)csc2n1. The van der Waals surface area contributed by atoms with Crippen LogP contribution in [0.25, 0.3) is 21.3 Å². The van der Waals surface area contributed by atoms with E-state index < -0.39 is 0 Å². The molecule has 0 amide bonds. The zero-order valence-corrected chi connectivity index (χ0v) is 16.0. The first-order chi connectivity index (χ1) is 12.2. The molecule has 0 fully saturated rings. The molecule has 0 aliphatic rings. The number of halogens is 1. The molecule has 2 heterocycles. The molecular weight excluding hydrogens is 368 g/mol. The molecule has 4 aromatic rings. The summed E-state index contributed by atoms with van der Waals surface area (Å²) in [5.74, 6) is 0.839. The first kappa shape index (κ1) is 16.6. The van der Waals surface area contributed by atoms with Gasteiger partial charge in [-0.15, -0.1) is 11.3 Å². The average molecular weight is 383 g/mol. The third-order valence-corrected chi connectivity index (χ3v) is 6.11. The van der Waals surface area contributed by atoms with Crippen LogP contribution in [-0.2, 0) is 5.75 Å². The Morgan fingerprint density at radius 2 is 1.76 bits per heavy atom. The molecule has 0 unspecified atom stereocenters. The van der Waals surface area contributed by atoms with Crippen LogP contribution in [0.4, 0.5) is 0 Å². The topological polar surface area (TPSA) is 25.8 Å². The zero-order chi connectivity index (χ0) is 17.2. The summed E-state index contributed by atoms with van der Waals surface area (Å²) in [5.41, 5.74) is 4.81. The number of aromatic nitrogens is 2. The highest BCUT2D eigenvalue weighted by Gasteiger charge is 2.14. The molecule has 0 aliphatic heterocycles. The number of hydrogen-bond acceptors (Lipinski definition) is 4. The molecule has 4 rings (SSSR count). The lowest BCUT2D eigenvalue weighted by Crippen LogP contribution is -1.91. The molecule has 0 radical (unpaired) electrons. The van der Waals surface area contributed by atoms with Crippen molar-refractivity contribution in [2.24, 2.45) is 0 Å². The monoisotopic (exact) mass is 382 g/mol. The molecule has 0 atom stereocenters. The van der Waals surface area contributed by atoms with Gasteiger partial charge in [-0.3, -0.25) is 0 Å². The number of rotatable bonds is 4. The maximum atomic E-state index is 6.51. The van der Waals surface area contributed by atoms with Crippen LogP contribution < -0.4 is 0 Å². The van der Waals surface area contributed by atoms with Crippen molar-refractivity contribution < 1.29 is 0 Å². The molecule has 0 saturated heterocycles. The van der Waals surface area contributed by atoms with E-state index in [0.29, 0.717) is 5.15 Å². The summed E-state index contributed by atoms with van der Waals surface area (Å²) in [6, 6.07) is 18.6. The highest BCUT2D eigenvalue weighted by molar-refractivity contribution is 7.98. The molecule has 2 nitrogen and oxygen atoms in total. The fourth-order valence-corrected chi connectivity index (χ4v) is 4.99. The predicted octanol–water partition coefficient (Wildman–Crippen LogP) is 6.61. The zero-order valence-electron chi connectivity index (χ0n) is 13.6. The van der Waals surface area contributed by atoms with E-state index in [2.05, 4.69) is 53.7 Å². The highest BCUT2D eigenvalue weighted by atomic mass is 35.5. The van der Waals surface area contributed by atoms with Gasteiger partial charge in [-0.05, 0) is 23.6 Å². The summed E-state index contributed by atoms with van der Waals surface area (Å²) < 4.78 is 0. The van der Waals surface area contributed by atoms with Gasteiger partial charge in [-0.25, -0.2) is 9.97 Å². The Hall–Kier alpha value is -1.88. The van der Waals surface area contributed by atoms with Gasteiger partial charge in [0.25, 0.3) is 0 Å². The van der Waals surface area contributed by atoms with Crippen molar-refractivity contribution in [1.29, 1.82) is 0 Å². The van der Waals surface area contributed by atoms with E-state index in [-0.39, 0.29) is 0 Å². The minimum absolute atomic E-state index is 0.525. The molecule has 0 saturated carbocycles. The quantitative estimate of drug-likeness (QED) is 0.225. The number of hydrogen-bond donors (Lipinski definition) is 0. The van der Waals surface area contributed by atoms with Gasteiger partial charge >= 0.3 is 0 Å². The van der Waals surface area contributed by atoms with Gasteiger partial charge in [0.1, 0.15) is 9.98 Å². The largest absolute Gasteiger partial charge is 0.211 e. The number of aryl methyl sites for hydroxylation is 1. The molecule has 124 valence electrons. The van der Waals surface area contributed by atoms with E-state index in [1.165, 1.54) is 11.1 Å². The number of thioether (sulfide) groups is 1. The Morgan fingerprint density at radius 1 is 1.00 bits per heavy atom. The molecule has 0 spiro atoms. The minimum atomic E-state index is 0.525. The molecule has 25 heavy (non-hydrogen) atoms. The van der Waals surface area contributed by atoms with Crippen molar-refractivity contribution in [3.8, 4) is 11.1 Å². The van der Waals surface area contributed by atoms with Gasteiger partial charge in [-0.1, -0.05) is 78.0 Å². The van der Waals surface area contributed by atoms with Gasteiger partial charge in [0.15, 0.2) is 5.16 Å². The lowest BCUT2D eigenvalue weighted by atomic mass is 10.1. The highest BCUT2D eigenvalue weighted by Crippen LogP contribution is 2.38. The third-order valence-electron chi connectivity index (χ3n) is 4.07. The van der Waals surface area contributed by atoms with Crippen LogP contribution in [0.2, 0.25) is 5.15 Å². The van der Waals surface area contributed by atoms with Crippen molar-refractivity contribution in [2.75, 3.05) is 0 Å². The number of thiophene rings is 1. The van der Waals surface area contributed by atoms with Crippen molar-refractivity contribution in [3.63, 3.8) is 0 Å². The van der Waals surface area contributed by atoms with Crippen LogP contribution in [0.5, 0.6) is 0 Å². The Kier molecular flexibility index (Phi) is 4.75. The number of nitrogens with zero attached hydrogens (tertiary/aromatic N) is 2. The smallest absolute Gasteiger partial charge is 0.190 e. The lowest BCUT2D eigenvalue weighted by molar-refractivity contribution is 1.01. The van der Waals surface area contributed by atoms with E-state index in [4.69, 9.17) is 16.6 Å². The fraction of sp³-hybridized carbons (Fsp3) is 0.100. The van der Waals surface area contributed by atoms with Crippen LogP contribution in [0.1, 0.15) is 11.1 Å². The first-order valence-electron chi connectivity index (χ1n) is 7.90. The predicted molar refractivity (Wildman–Crippen MR) is 109 cm³/mol. The molecule has 0 bridgehead atoms. The van der Waals surface area contributed by atoms with Crippen LogP contribution >= 0.6 is 34.7 Å². The summed E-state index contributed by atoms with van der Waals surface area (Å²) in [7, 11) is 0. The fourth-order valence-electron chi connectivity index (χ4n) is 2.69. The summed E-state index contributed by atoms with van der Waals surface area (Å²) >= 11 is 9.75. The summed E-state index contributed by atoms with van der Waals surface area (Å²) in [6.07, 6.45) is 0. The Bertz CT molecular complexity index is 1030. The Morgan fingerprint density at radius 3 is 2.56 bits per heavy atom. The normalized spacial score (nSPS) is 11.1. The Labute approximate surface area is 159 Å². The van der Waals surface area contributed by atoms with E-state index in [1.807, 2.05) is 18.2 Å². The van der Waals surface area contributed by atoms with Crippen LogP contribution in [0.15, 0.2) is 65.1 Å². The van der Waals surface area contributed by atoms with Crippen molar-refractivity contribution in [2.45, 2.75) is 17.8 Å². The second-order valence-corrected chi connectivity index (χ2v) is 7.87. The van der Waals surface area contributed by atoms with E-state index >= 15 is 0 Å². The average Bonchev–Trinajstić information content (AvgIpc) is 3.06. The molecular formula is C20H15ClN2S2. The van der Waals surface area contributed by atoms with Crippen molar-refractivity contribution in [3.05, 3.63) is 76.3 Å². The summed E-state index contributed by atoms with van der Waals surface area (Å²) in [4.78, 5) is 10.2. The summed E-state index contributed by atoms with van der Waals surface area (Å²) in [5, 5.41) is 4.30. The van der Waals surface area contributed by atoms with Crippen molar-refractivity contribution >= 4 is 44.9 Å². The molecule has 0 aliphatic carbocycles. The van der Waals surface area contributed by atoms with Crippen LogP contribution in [-0.4, -0.2) is 9.97 Å². The molecule has 0 N–H and O–H groups in total. The number of benzene rings is 2. The molecule has 2 aromatic heterocycles. The van der Waals surface area contributed by atoms with E-state index in [0.717, 1.165) is 32.3 Å². The van der Waals surface area contributed by atoms with Gasteiger partial charge in [0.05, 0.1) is 5.39 Å². The van der Waals surface area contributed by atoms with Gasteiger partial charge in [0, 0.05) is 16.7 Å². The second-order valence-electron chi connectivity index (χ2n) is 5.71. The maximum absolute atomic E-state index is 6.51.